The van der Waals surface area contributed by atoms with Gasteiger partial charge < -0.3 is 15.2 Å². The van der Waals surface area contributed by atoms with Crippen LogP contribution in [0.3, 0.4) is 0 Å². The van der Waals surface area contributed by atoms with E-state index in [1.54, 1.807) is 12.3 Å². The maximum atomic E-state index is 9.75. The Balaban J connectivity index is 2.14. The molecular formula is C13H11Br2ClN2O2. The van der Waals surface area contributed by atoms with Crippen LogP contribution in [0.15, 0.2) is 33.3 Å². The molecule has 4 nitrogen and oxygen atoms in total. The topological polar surface area (TPSA) is 54.4 Å². The number of nitrogens with one attached hydrogen (secondary N) is 1. The summed E-state index contributed by atoms with van der Waals surface area (Å²) in [5, 5.41) is 13.4. The number of aromatic nitrogens is 1. The number of phenolic OH excluding ortho intramolecular Hbond substituents is 1. The molecule has 0 aliphatic heterocycles. The molecule has 1 aromatic heterocycles. The number of phenols is 1. The highest BCUT2D eigenvalue weighted by molar-refractivity contribution is 9.10. The van der Waals surface area contributed by atoms with Gasteiger partial charge in [0.1, 0.15) is 5.15 Å². The van der Waals surface area contributed by atoms with E-state index in [0.717, 1.165) is 15.7 Å². The minimum absolute atomic E-state index is 0.0900. The fourth-order valence-electron chi connectivity index (χ4n) is 1.61. The molecule has 106 valence electrons. The Kier molecular flexibility index (Phi) is 5.12. The Morgan fingerprint density at radius 3 is 2.70 bits per heavy atom. The van der Waals surface area contributed by atoms with Crippen LogP contribution in [0.1, 0.15) is 5.56 Å². The van der Waals surface area contributed by atoms with Crippen molar-refractivity contribution in [3.63, 3.8) is 0 Å². The summed E-state index contributed by atoms with van der Waals surface area (Å²) in [6, 6.07) is 5.44. The highest BCUT2D eigenvalue weighted by Crippen LogP contribution is 2.35. The summed E-state index contributed by atoms with van der Waals surface area (Å²) >= 11 is 12.5. The Morgan fingerprint density at radius 2 is 2.05 bits per heavy atom. The molecular weight excluding hydrogens is 411 g/mol. The Labute approximate surface area is 138 Å². The van der Waals surface area contributed by atoms with Crippen molar-refractivity contribution in [2.45, 2.75) is 6.54 Å². The van der Waals surface area contributed by atoms with Gasteiger partial charge in [0.2, 0.25) is 0 Å². The monoisotopic (exact) mass is 420 g/mol. The molecule has 0 unspecified atom stereocenters. The van der Waals surface area contributed by atoms with Gasteiger partial charge in [0.05, 0.1) is 27.9 Å². The molecule has 0 aliphatic carbocycles. The van der Waals surface area contributed by atoms with Crippen molar-refractivity contribution in [3.05, 3.63) is 44.1 Å². The lowest BCUT2D eigenvalue weighted by molar-refractivity contribution is 0.371. The zero-order valence-corrected chi connectivity index (χ0v) is 14.4. The second kappa shape index (κ2) is 6.65. The molecule has 1 aromatic carbocycles. The van der Waals surface area contributed by atoms with Gasteiger partial charge in [0, 0.05) is 6.54 Å². The number of halogens is 3. The number of methoxy groups -OCH3 is 1. The maximum Gasteiger partial charge on any atom is 0.172 e. The van der Waals surface area contributed by atoms with Crippen molar-refractivity contribution >= 4 is 49.1 Å². The van der Waals surface area contributed by atoms with Crippen LogP contribution in [0.4, 0.5) is 5.69 Å². The first-order valence-corrected chi connectivity index (χ1v) is 7.58. The number of nitrogens with zero attached hydrogens (tertiary/aromatic N) is 1. The fourth-order valence-corrected chi connectivity index (χ4v) is 2.55. The average Bonchev–Trinajstić information content (AvgIpc) is 2.43. The predicted molar refractivity (Wildman–Crippen MR) is 86.6 cm³/mol. The molecule has 0 amide bonds. The molecule has 20 heavy (non-hydrogen) atoms. The summed E-state index contributed by atoms with van der Waals surface area (Å²) in [7, 11) is 1.51. The summed E-state index contributed by atoms with van der Waals surface area (Å²) in [5.74, 6) is 0.513. The molecule has 2 N–H and O–H groups in total. The van der Waals surface area contributed by atoms with Gasteiger partial charge in [-0.3, -0.25) is 0 Å². The van der Waals surface area contributed by atoms with E-state index < -0.39 is 0 Å². The van der Waals surface area contributed by atoms with Crippen LogP contribution in [0.2, 0.25) is 5.15 Å². The Hall–Kier alpha value is -0.980. The average molecular weight is 423 g/mol. The summed E-state index contributed by atoms with van der Waals surface area (Å²) in [4.78, 5) is 4.04. The van der Waals surface area contributed by atoms with E-state index in [9.17, 15) is 5.11 Å². The van der Waals surface area contributed by atoms with Crippen molar-refractivity contribution < 1.29 is 9.84 Å². The molecule has 0 spiro atoms. The minimum Gasteiger partial charge on any atom is -0.503 e. The first-order chi connectivity index (χ1) is 9.51. The molecule has 2 aromatic rings. The normalized spacial score (nSPS) is 10.4. The summed E-state index contributed by atoms with van der Waals surface area (Å²) in [6.07, 6.45) is 1.65. The number of hydrogen-bond donors (Lipinski definition) is 2. The van der Waals surface area contributed by atoms with Crippen molar-refractivity contribution in [1.82, 2.24) is 4.98 Å². The van der Waals surface area contributed by atoms with Gasteiger partial charge in [-0.25, -0.2) is 4.98 Å². The summed E-state index contributed by atoms with van der Waals surface area (Å²) in [5.41, 5.74) is 1.79. The number of rotatable bonds is 4. The molecule has 0 atom stereocenters. The predicted octanol–water partition coefficient (Wildman–Crippen LogP) is 4.59. The van der Waals surface area contributed by atoms with Crippen LogP contribution in [0, 0.1) is 0 Å². The fraction of sp³-hybridized carbons (Fsp3) is 0.154. The second-order valence-corrected chi connectivity index (χ2v) is 6.05. The smallest absolute Gasteiger partial charge is 0.172 e. The lowest BCUT2D eigenvalue weighted by Gasteiger charge is -2.11. The largest absolute Gasteiger partial charge is 0.503 e. The van der Waals surface area contributed by atoms with E-state index in [4.69, 9.17) is 16.3 Å². The molecule has 0 saturated carbocycles. The van der Waals surface area contributed by atoms with E-state index in [1.807, 2.05) is 12.1 Å². The van der Waals surface area contributed by atoms with Crippen LogP contribution in [-0.2, 0) is 6.54 Å². The molecule has 0 aliphatic rings. The van der Waals surface area contributed by atoms with Gasteiger partial charge in [-0.15, -0.1) is 0 Å². The SMILES string of the molecule is COc1cc(CNc2cnc(Cl)c(Br)c2)cc(Br)c1O. The third-order valence-corrected chi connectivity index (χ3v) is 4.34. The van der Waals surface area contributed by atoms with Crippen LogP contribution in [0.5, 0.6) is 11.5 Å². The van der Waals surface area contributed by atoms with Crippen LogP contribution < -0.4 is 10.1 Å². The highest BCUT2D eigenvalue weighted by Gasteiger charge is 2.08. The highest BCUT2D eigenvalue weighted by atomic mass is 79.9. The lowest BCUT2D eigenvalue weighted by Crippen LogP contribution is -2.00. The van der Waals surface area contributed by atoms with Gasteiger partial charge in [0.15, 0.2) is 11.5 Å². The third kappa shape index (κ3) is 3.56. The molecule has 0 radical (unpaired) electrons. The first kappa shape index (κ1) is 15.4. The number of ether oxygens (including phenoxy) is 1. The van der Waals surface area contributed by atoms with Crippen LogP contribution >= 0.6 is 43.5 Å². The van der Waals surface area contributed by atoms with E-state index in [2.05, 4.69) is 42.2 Å². The number of hydrogen-bond acceptors (Lipinski definition) is 4. The number of anilines is 1. The van der Waals surface area contributed by atoms with Crippen molar-refractivity contribution in [3.8, 4) is 11.5 Å². The number of benzene rings is 1. The first-order valence-electron chi connectivity index (χ1n) is 5.61. The maximum absolute atomic E-state index is 9.75. The standard InChI is InChI=1S/C13H11Br2ClN2O2/c1-20-11-3-7(2-9(14)12(11)19)5-17-8-4-10(15)13(16)18-6-8/h2-4,6,17,19H,5H2,1H3. The minimum atomic E-state index is 0.0900. The van der Waals surface area contributed by atoms with Crippen molar-refractivity contribution in [1.29, 1.82) is 0 Å². The summed E-state index contributed by atoms with van der Waals surface area (Å²) in [6.45, 7) is 0.561. The number of aromatic hydroxyl groups is 1. The van der Waals surface area contributed by atoms with Gasteiger partial charge >= 0.3 is 0 Å². The molecule has 0 fully saturated rings. The summed E-state index contributed by atoms with van der Waals surface area (Å²) < 4.78 is 6.43. The van der Waals surface area contributed by atoms with Gasteiger partial charge in [-0.05, 0) is 55.6 Å². The zero-order valence-electron chi connectivity index (χ0n) is 10.5. The van der Waals surface area contributed by atoms with E-state index in [0.29, 0.717) is 21.9 Å². The van der Waals surface area contributed by atoms with Gasteiger partial charge in [-0.1, -0.05) is 11.6 Å². The van der Waals surface area contributed by atoms with Crippen molar-refractivity contribution in [2.75, 3.05) is 12.4 Å². The second-order valence-electron chi connectivity index (χ2n) is 3.98. The molecule has 0 saturated heterocycles. The Bertz CT molecular complexity index is 638. The molecule has 7 heteroatoms. The zero-order chi connectivity index (χ0) is 14.7. The lowest BCUT2D eigenvalue weighted by atomic mass is 10.2. The van der Waals surface area contributed by atoms with E-state index in [-0.39, 0.29) is 5.75 Å². The van der Waals surface area contributed by atoms with Gasteiger partial charge in [-0.2, -0.15) is 0 Å². The van der Waals surface area contributed by atoms with Crippen LogP contribution in [0.25, 0.3) is 0 Å². The molecule has 2 rings (SSSR count). The molecule has 0 bridgehead atoms. The quantitative estimate of drug-likeness (QED) is 0.708. The van der Waals surface area contributed by atoms with E-state index in [1.165, 1.54) is 7.11 Å². The van der Waals surface area contributed by atoms with Crippen molar-refractivity contribution in [2.24, 2.45) is 0 Å². The number of pyridine rings is 1. The van der Waals surface area contributed by atoms with E-state index >= 15 is 0 Å². The van der Waals surface area contributed by atoms with Gasteiger partial charge in [0.25, 0.3) is 0 Å². The van der Waals surface area contributed by atoms with Crippen LogP contribution in [-0.4, -0.2) is 17.2 Å². The molecule has 1 heterocycles. The third-order valence-electron chi connectivity index (χ3n) is 2.60. The Morgan fingerprint density at radius 1 is 1.30 bits per heavy atom.